The van der Waals surface area contributed by atoms with Crippen molar-refractivity contribution in [3.8, 4) is 5.75 Å². The Labute approximate surface area is 131 Å². The first kappa shape index (κ1) is 18.4. The smallest absolute Gasteiger partial charge is 0.389 e. The fraction of sp³-hybridized carbons (Fsp3) is 0.538. The van der Waals surface area contributed by atoms with Crippen molar-refractivity contribution in [2.75, 3.05) is 19.7 Å². The fourth-order valence-electron chi connectivity index (χ4n) is 1.52. The van der Waals surface area contributed by atoms with Gasteiger partial charge in [-0.3, -0.25) is 0 Å². The number of ether oxygens (including phenoxy) is 1. The van der Waals surface area contributed by atoms with Gasteiger partial charge in [0.2, 0.25) is 0 Å². The van der Waals surface area contributed by atoms with Crippen molar-refractivity contribution in [2.45, 2.75) is 25.1 Å². The van der Waals surface area contributed by atoms with E-state index in [4.69, 9.17) is 27.9 Å². The third-order valence-corrected chi connectivity index (χ3v) is 3.05. The van der Waals surface area contributed by atoms with E-state index >= 15 is 0 Å². The van der Waals surface area contributed by atoms with Crippen molar-refractivity contribution < 1.29 is 23.0 Å². The molecule has 0 spiro atoms. The van der Waals surface area contributed by atoms with Gasteiger partial charge in [-0.25, -0.2) is 0 Å². The van der Waals surface area contributed by atoms with Crippen molar-refractivity contribution >= 4 is 23.2 Å². The predicted octanol–water partition coefficient (Wildman–Crippen LogP) is 3.67. The van der Waals surface area contributed by atoms with Crippen LogP contribution in [0, 0.1) is 0 Å². The average molecular weight is 346 g/mol. The van der Waals surface area contributed by atoms with E-state index in [1.54, 1.807) is 12.1 Å². The summed E-state index contributed by atoms with van der Waals surface area (Å²) in [6, 6.07) is 4.69. The van der Waals surface area contributed by atoms with Gasteiger partial charge in [-0.2, -0.15) is 13.2 Å². The highest BCUT2D eigenvalue weighted by Crippen LogP contribution is 2.27. The summed E-state index contributed by atoms with van der Waals surface area (Å²) in [4.78, 5) is 0. The number of nitrogens with one attached hydrogen (secondary N) is 1. The molecule has 0 saturated carbocycles. The number of aliphatic hydroxyl groups excluding tert-OH is 1. The minimum Gasteiger partial charge on any atom is -0.489 e. The fourth-order valence-corrected chi connectivity index (χ4v) is 1.98. The second-order valence-corrected chi connectivity index (χ2v) is 5.31. The number of benzene rings is 1. The van der Waals surface area contributed by atoms with Crippen LogP contribution in [0.4, 0.5) is 13.2 Å². The molecule has 1 unspecified atom stereocenters. The zero-order chi connectivity index (χ0) is 15.9. The van der Waals surface area contributed by atoms with Crippen molar-refractivity contribution in [1.29, 1.82) is 0 Å². The summed E-state index contributed by atoms with van der Waals surface area (Å²) in [6.07, 6.45) is -5.86. The van der Waals surface area contributed by atoms with Crippen LogP contribution in [0.2, 0.25) is 10.0 Å². The average Bonchev–Trinajstić information content (AvgIpc) is 2.36. The first-order chi connectivity index (χ1) is 9.78. The Morgan fingerprint density at radius 2 is 2.00 bits per heavy atom. The lowest BCUT2D eigenvalue weighted by atomic mass is 10.3. The van der Waals surface area contributed by atoms with E-state index in [9.17, 15) is 18.3 Å². The topological polar surface area (TPSA) is 41.5 Å². The minimum atomic E-state index is -4.14. The van der Waals surface area contributed by atoms with Gasteiger partial charge in [-0.15, -0.1) is 0 Å². The zero-order valence-corrected chi connectivity index (χ0v) is 12.6. The van der Waals surface area contributed by atoms with E-state index in [-0.39, 0.29) is 26.1 Å². The molecule has 0 aliphatic carbocycles. The van der Waals surface area contributed by atoms with Crippen LogP contribution in [-0.2, 0) is 0 Å². The Morgan fingerprint density at radius 1 is 1.29 bits per heavy atom. The number of alkyl halides is 3. The maximum absolute atomic E-state index is 11.9. The van der Waals surface area contributed by atoms with Gasteiger partial charge in [0.25, 0.3) is 0 Å². The van der Waals surface area contributed by atoms with Crippen LogP contribution in [-0.4, -0.2) is 37.1 Å². The van der Waals surface area contributed by atoms with Crippen LogP contribution in [0.3, 0.4) is 0 Å². The second-order valence-electron chi connectivity index (χ2n) is 4.46. The third-order valence-electron chi connectivity index (χ3n) is 2.52. The van der Waals surface area contributed by atoms with Crippen molar-refractivity contribution in [1.82, 2.24) is 5.32 Å². The number of aliphatic hydroxyl groups is 1. The molecule has 1 aromatic carbocycles. The molecule has 0 amide bonds. The number of rotatable bonds is 8. The largest absolute Gasteiger partial charge is 0.489 e. The van der Waals surface area contributed by atoms with Crippen LogP contribution in [0.1, 0.15) is 12.8 Å². The minimum absolute atomic E-state index is 0.0202. The molecule has 0 saturated heterocycles. The van der Waals surface area contributed by atoms with Gasteiger partial charge in [0.1, 0.15) is 18.5 Å². The van der Waals surface area contributed by atoms with Gasteiger partial charge in [0.05, 0.1) is 5.02 Å². The summed E-state index contributed by atoms with van der Waals surface area (Å²) in [7, 11) is 0. The Kier molecular flexibility index (Phi) is 7.59. The molecule has 0 radical (unpaired) electrons. The summed E-state index contributed by atoms with van der Waals surface area (Å²) in [5.41, 5.74) is 0. The zero-order valence-electron chi connectivity index (χ0n) is 11.1. The van der Waals surface area contributed by atoms with E-state index < -0.39 is 18.7 Å². The molecule has 1 rings (SSSR count). The third kappa shape index (κ3) is 8.36. The molecule has 120 valence electrons. The second kappa shape index (κ2) is 8.68. The van der Waals surface area contributed by atoms with Gasteiger partial charge in [-0.1, -0.05) is 23.2 Å². The molecule has 21 heavy (non-hydrogen) atoms. The molecule has 8 heteroatoms. The molecule has 0 aliphatic heterocycles. The number of hydrogen-bond acceptors (Lipinski definition) is 3. The maximum Gasteiger partial charge on any atom is 0.389 e. The van der Waals surface area contributed by atoms with Crippen LogP contribution < -0.4 is 10.1 Å². The highest BCUT2D eigenvalue weighted by Gasteiger charge is 2.25. The Balaban J connectivity index is 2.18. The molecule has 2 N–H and O–H groups in total. The van der Waals surface area contributed by atoms with E-state index in [1.165, 1.54) is 6.07 Å². The van der Waals surface area contributed by atoms with Crippen molar-refractivity contribution in [2.24, 2.45) is 0 Å². The van der Waals surface area contributed by atoms with Crippen LogP contribution in [0.25, 0.3) is 0 Å². The highest BCUT2D eigenvalue weighted by molar-refractivity contribution is 6.35. The van der Waals surface area contributed by atoms with E-state index in [1.807, 2.05) is 0 Å². The first-order valence-corrected chi connectivity index (χ1v) is 7.07. The number of hydrogen-bond donors (Lipinski definition) is 2. The molecule has 0 aliphatic rings. The molecule has 0 aromatic heterocycles. The molecule has 0 bridgehead atoms. The molecule has 3 nitrogen and oxygen atoms in total. The van der Waals surface area contributed by atoms with E-state index in [0.29, 0.717) is 15.8 Å². The summed E-state index contributed by atoms with van der Waals surface area (Å²) >= 11 is 11.6. The normalized spacial score (nSPS) is 13.2. The van der Waals surface area contributed by atoms with E-state index in [0.717, 1.165) is 0 Å². The molecule has 1 atom stereocenters. The Hall–Kier alpha value is -0.690. The first-order valence-electron chi connectivity index (χ1n) is 6.31. The standard InChI is InChI=1S/C13H16Cl2F3NO2/c14-9-2-3-12(11(15)6-9)21-8-10(20)7-19-5-1-4-13(16,17)18/h2-3,6,10,19-20H,1,4-5,7-8H2. The predicted molar refractivity (Wildman–Crippen MR) is 76.1 cm³/mol. The molecule has 1 aromatic rings. The monoisotopic (exact) mass is 345 g/mol. The summed E-state index contributed by atoms with van der Waals surface area (Å²) in [5, 5.41) is 13.2. The van der Waals surface area contributed by atoms with Gasteiger partial charge >= 0.3 is 6.18 Å². The maximum atomic E-state index is 11.9. The van der Waals surface area contributed by atoms with Gasteiger partial charge in [0.15, 0.2) is 0 Å². The SMILES string of the molecule is OC(CNCCCC(F)(F)F)COc1ccc(Cl)cc1Cl. The lowest BCUT2D eigenvalue weighted by molar-refractivity contribution is -0.135. The van der Waals surface area contributed by atoms with Crippen LogP contribution >= 0.6 is 23.2 Å². The Bertz CT molecular complexity index is 444. The van der Waals surface area contributed by atoms with Crippen LogP contribution in [0.5, 0.6) is 5.75 Å². The summed E-state index contributed by atoms with van der Waals surface area (Å²) < 4.78 is 41.0. The lowest BCUT2D eigenvalue weighted by Crippen LogP contribution is -2.32. The molecular formula is C13H16Cl2F3NO2. The summed E-state index contributed by atoms with van der Waals surface area (Å²) in [6.45, 7) is 0.301. The van der Waals surface area contributed by atoms with Gasteiger partial charge in [0, 0.05) is 18.0 Å². The molecular weight excluding hydrogens is 330 g/mol. The van der Waals surface area contributed by atoms with Crippen LogP contribution in [0.15, 0.2) is 18.2 Å². The lowest BCUT2D eigenvalue weighted by Gasteiger charge is -2.14. The van der Waals surface area contributed by atoms with E-state index in [2.05, 4.69) is 5.32 Å². The Morgan fingerprint density at radius 3 is 2.62 bits per heavy atom. The highest BCUT2D eigenvalue weighted by atomic mass is 35.5. The summed E-state index contributed by atoms with van der Waals surface area (Å²) in [5.74, 6) is 0.386. The molecule has 0 heterocycles. The molecule has 0 fully saturated rings. The van der Waals surface area contributed by atoms with Gasteiger partial charge < -0.3 is 15.2 Å². The van der Waals surface area contributed by atoms with Gasteiger partial charge in [-0.05, 0) is 31.2 Å². The van der Waals surface area contributed by atoms with Crippen molar-refractivity contribution in [3.63, 3.8) is 0 Å². The van der Waals surface area contributed by atoms with Crippen molar-refractivity contribution in [3.05, 3.63) is 28.2 Å². The quantitative estimate of drug-likeness (QED) is 0.706. The number of halogens is 5.